The van der Waals surface area contributed by atoms with Crippen LogP contribution in [-0.2, 0) is 4.79 Å². The number of carbonyl (C=O) groups is 1. The fourth-order valence-electron chi connectivity index (χ4n) is 2.18. The summed E-state index contributed by atoms with van der Waals surface area (Å²) in [5.74, 6) is -0.0174. The molecule has 0 saturated carbocycles. The number of amides is 1. The molecule has 0 radical (unpaired) electrons. The van der Waals surface area contributed by atoms with Gasteiger partial charge >= 0.3 is 0 Å². The smallest absolute Gasteiger partial charge is 0.233 e. The fraction of sp³-hybridized carbons (Fsp3) is 0.278. The minimum Gasteiger partial charge on any atom is -0.396 e. The van der Waals surface area contributed by atoms with Crippen LogP contribution in [0, 0.1) is 0 Å². The van der Waals surface area contributed by atoms with Crippen LogP contribution in [-0.4, -0.2) is 22.9 Å². The maximum Gasteiger partial charge on any atom is 0.233 e. The lowest BCUT2D eigenvalue weighted by Gasteiger charge is -2.20. The summed E-state index contributed by atoms with van der Waals surface area (Å²) >= 11 is 1.53. The zero-order valence-electron chi connectivity index (χ0n) is 12.6. The van der Waals surface area contributed by atoms with Crippen molar-refractivity contribution in [3.8, 4) is 0 Å². The van der Waals surface area contributed by atoms with Crippen LogP contribution in [0.25, 0.3) is 0 Å². The first-order valence-corrected chi connectivity index (χ1v) is 8.26. The molecular weight excluding hydrogens is 294 g/mol. The van der Waals surface area contributed by atoms with Crippen LogP contribution in [0.1, 0.15) is 24.9 Å². The average molecular weight is 315 g/mol. The summed E-state index contributed by atoms with van der Waals surface area (Å²) in [6.07, 6.45) is 0.512. The van der Waals surface area contributed by atoms with Gasteiger partial charge in [-0.15, -0.1) is 11.8 Å². The van der Waals surface area contributed by atoms with E-state index in [1.54, 1.807) is 0 Å². The summed E-state index contributed by atoms with van der Waals surface area (Å²) < 4.78 is 0. The van der Waals surface area contributed by atoms with Gasteiger partial charge in [-0.05, 0) is 31.0 Å². The number of hydrogen-bond acceptors (Lipinski definition) is 3. The highest BCUT2D eigenvalue weighted by molar-refractivity contribution is 8.00. The Morgan fingerprint density at radius 3 is 2.27 bits per heavy atom. The molecule has 2 unspecified atom stereocenters. The molecule has 2 rings (SSSR count). The number of rotatable bonds is 7. The van der Waals surface area contributed by atoms with Crippen molar-refractivity contribution in [3.05, 3.63) is 66.2 Å². The molecule has 2 N–H and O–H groups in total. The van der Waals surface area contributed by atoms with Crippen molar-refractivity contribution < 1.29 is 9.90 Å². The average Bonchev–Trinajstić information content (AvgIpc) is 2.56. The third kappa shape index (κ3) is 4.90. The van der Waals surface area contributed by atoms with Gasteiger partial charge in [-0.25, -0.2) is 0 Å². The van der Waals surface area contributed by atoms with E-state index in [-0.39, 0.29) is 23.8 Å². The lowest BCUT2D eigenvalue weighted by Crippen LogP contribution is -2.34. The van der Waals surface area contributed by atoms with Crippen molar-refractivity contribution in [2.45, 2.75) is 29.5 Å². The number of thioether (sulfide) groups is 1. The van der Waals surface area contributed by atoms with E-state index in [0.717, 1.165) is 10.5 Å². The van der Waals surface area contributed by atoms with Gasteiger partial charge in [0.1, 0.15) is 0 Å². The minimum absolute atomic E-state index is 0.0174. The van der Waals surface area contributed by atoms with Crippen LogP contribution in [0.15, 0.2) is 65.6 Å². The number of aliphatic hydroxyl groups excluding tert-OH is 1. The summed E-state index contributed by atoms with van der Waals surface area (Å²) in [7, 11) is 0. The van der Waals surface area contributed by atoms with Crippen molar-refractivity contribution in [2.24, 2.45) is 0 Å². The SMILES string of the molecule is CC(Sc1ccccc1)C(=O)NC(CCO)c1ccccc1. The van der Waals surface area contributed by atoms with E-state index in [0.29, 0.717) is 6.42 Å². The summed E-state index contributed by atoms with van der Waals surface area (Å²) in [4.78, 5) is 13.5. The molecule has 22 heavy (non-hydrogen) atoms. The Balaban J connectivity index is 1.98. The molecule has 0 aliphatic carbocycles. The van der Waals surface area contributed by atoms with Crippen LogP contribution < -0.4 is 5.32 Å². The topological polar surface area (TPSA) is 49.3 Å². The Hall–Kier alpha value is -1.78. The molecule has 4 heteroatoms. The maximum absolute atomic E-state index is 12.4. The van der Waals surface area contributed by atoms with Crippen molar-refractivity contribution >= 4 is 17.7 Å². The van der Waals surface area contributed by atoms with Crippen LogP contribution in [0.5, 0.6) is 0 Å². The maximum atomic E-state index is 12.4. The van der Waals surface area contributed by atoms with E-state index in [4.69, 9.17) is 0 Å². The molecule has 116 valence electrons. The van der Waals surface area contributed by atoms with Crippen LogP contribution in [0.2, 0.25) is 0 Å². The summed E-state index contributed by atoms with van der Waals surface area (Å²) in [6.45, 7) is 1.94. The van der Waals surface area contributed by atoms with Crippen molar-refractivity contribution in [1.29, 1.82) is 0 Å². The molecule has 1 amide bonds. The largest absolute Gasteiger partial charge is 0.396 e. The van der Waals surface area contributed by atoms with E-state index >= 15 is 0 Å². The van der Waals surface area contributed by atoms with Crippen LogP contribution >= 0.6 is 11.8 Å². The van der Waals surface area contributed by atoms with Gasteiger partial charge in [0.05, 0.1) is 11.3 Å². The molecular formula is C18H21NO2S. The predicted octanol–water partition coefficient (Wildman–Crippen LogP) is 3.41. The number of nitrogens with one attached hydrogen (secondary N) is 1. The Morgan fingerprint density at radius 2 is 1.68 bits per heavy atom. The third-order valence-corrected chi connectivity index (χ3v) is 4.47. The zero-order valence-corrected chi connectivity index (χ0v) is 13.4. The minimum atomic E-state index is -0.188. The van der Waals surface area contributed by atoms with Crippen LogP contribution in [0.3, 0.4) is 0 Å². The van der Waals surface area contributed by atoms with Gasteiger partial charge in [0.25, 0.3) is 0 Å². The standard InChI is InChI=1S/C18H21NO2S/c1-14(22-16-10-6-3-7-11-16)18(21)19-17(12-13-20)15-8-4-2-5-9-15/h2-11,14,17,20H,12-13H2,1H3,(H,19,21). The van der Waals surface area contributed by atoms with E-state index in [1.165, 1.54) is 11.8 Å². The quantitative estimate of drug-likeness (QED) is 0.770. The number of carbonyl (C=O) groups excluding carboxylic acids is 1. The lowest BCUT2D eigenvalue weighted by atomic mass is 10.0. The molecule has 0 saturated heterocycles. The Labute approximate surface area is 135 Å². The summed E-state index contributed by atoms with van der Waals surface area (Å²) in [5, 5.41) is 12.1. The fourth-order valence-corrected chi connectivity index (χ4v) is 3.08. The molecule has 0 aromatic heterocycles. The van der Waals surface area contributed by atoms with Gasteiger partial charge < -0.3 is 10.4 Å². The van der Waals surface area contributed by atoms with Gasteiger partial charge in [0.2, 0.25) is 5.91 Å². The monoisotopic (exact) mass is 315 g/mol. The molecule has 0 aliphatic heterocycles. The Bertz CT molecular complexity index is 574. The number of aliphatic hydroxyl groups is 1. The highest BCUT2D eigenvalue weighted by atomic mass is 32.2. The molecule has 0 fully saturated rings. The molecule has 0 bridgehead atoms. The molecule has 3 nitrogen and oxygen atoms in total. The number of hydrogen-bond donors (Lipinski definition) is 2. The molecule has 0 spiro atoms. The van der Waals surface area contributed by atoms with Gasteiger partial charge in [0, 0.05) is 11.5 Å². The van der Waals surface area contributed by atoms with E-state index in [1.807, 2.05) is 67.6 Å². The normalized spacial score (nSPS) is 13.4. The molecule has 2 aromatic rings. The zero-order chi connectivity index (χ0) is 15.8. The van der Waals surface area contributed by atoms with Crippen LogP contribution in [0.4, 0.5) is 0 Å². The summed E-state index contributed by atoms with van der Waals surface area (Å²) in [6, 6.07) is 19.5. The van der Waals surface area contributed by atoms with Gasteiger partial charge in [-0.1, -0.05) is 48.5 Å². The van der Waals surface area contributed by atoms with Crippen molar-refractivity contribution in [2.75, 3.05) is 6.61 Å². The first-order valence-electron chi connectivity index (χ1n) is 7.38. The second-order valence-electron chi connectivity index (χ2n) is 5.06. The second kappa shape index (κ2) is 8.61. The van der Waals surface area contributed by atoms with Crippen molar-refractivity contribution in [1.82, 2.24) is 5.32 Å². The first kappa shape index (κ1) is 16.6. The van der Waals surface area contributed by atoms with E-state index in [9.17, 15) is 9.90 Å². The second-order valence-corrected chi connectivity index (χ2v) is 6.47. The van der Waals surface area contributed by atoms with E-state index < -0.39 is 0 Å². The van der Waals surface area contributed by atoms with Gasteiger partial charge in [-0.2, -0.15) is 0 Å². The highest BCUT2D eigenvalue weighted by Crippen LogP contribution is 2.24. The number of benzene rings is 2. The third-order valence-electron chi connectivity index (χ3n) is 3.36. The lowest BCUT2D eigenvalue weighted by molar-refractivity contribution is -0.121. The van der Waals surface area contributed by atoms with Gasteiger partial charge in [0.15, 0.2) is 0 Å². The first-order chi connectivity index (χ1) is 10.7. The van der Waals surface area contributed by atoms with E-state index in [2.05, 4.69) is 5.32 Å². The summed E-state index contributed by atoms with van der Waals surface area (Å²) in [5.41, 5.74) is 1.02. The molecule has 2 aromatic carbocycles. The molecule has 2 atom stereocenters. The van der Waals surface area contributed by atoms with Gasteiger partial charge in [-0.3, -0.25) is 4.79 Å². The molecule has 0 heterocycles. The van der Waals surface area contributed by atoms with Crippen molar-refractivity contribution in [3.63, 3.8) is 0 Å². The molecule has 0 aliphatic rings. The Morgan fingerprint density at radius 1 is 1.09 bits per heavy atom. The Kier molecular flexibility index (Phi) is 6.49. The highest BCUT2D eigenvalue weighted by Gasteiger charge is 2.19. The predicted molar refractivity (Wildman–Crippen MR) is 90.8 cm³/mol.